The molecule has 1 aromatic carbocycles. The van der Waals surface area contributed by atoms with Crippen LogP contribution in [-0.4, -0.2) is 33.2 Å². The Bertz CT molecular complexity index is 565. The molecule has 4 heteroatoms. The summed E-state index contributed by atoms with van der Waals surface area (Å²) in [5.74, 6) is 0. The number of aromatic nitrogens is 2. The number of thioether (sulfide) groups is 1. The third kappa shape index (κ3) is 4.29. The van der Waals surface area contributed by atoms with Crippen molar-refractivity contribution in [2.24, 2.45) is 0 Å². The second-order valence-corrected chi connectivity index (χ2v) is 7.03. The lowest BCUT2D eigenvalue weighted by molar-refractivity contribution is 0.224. The molecule has 3 rings (SSSR count). The average Bonchev–Trinajstić information content (AvgIpc) is 2.50. The molecule has 0 radical (unpaired) electrons. The lowest BCUT2D eigenvalue weighted by atomic mass is 10.1. The Kier molecular flexibility index (Phi) is 4.88. The predicted octanol–water partition coefficient (Wildman–Crippen LogP) is 3.54. The summed E-state index contributed by atoms with van der Waals surface area (Å²) in [5, 5.41) is 0.745. The van der Waals surface area contributed by atoms with Crippen LogP contribution < -0.4 is 0 Å². The number of nitrogens with zero attached hydrogens (tertiary/aromatic N) is 3. The SMILES string of the molecule is Cc1cccc(SC2CCN(Cc3cncnc3)CC2)c1. The largest absolute Gasteiger partial charge is 0.299 e. The van der Waals surface area contributed by atoms with E-state index in [1.165, 1.54) is 42.0 Å². The normalized spacial score (nSPS) is 17.0. The van der Waals surface area contributed by atoms with Gasteiger partial charge in [-0.05, 0) is 45.0 Å². The van der Waals surface area contributed by atoms with Gasteiger partial charge in [-0.2, -0.15) is 0 Å². The summed E-state index contributed by atoms with van der Waals surface area (Å²) in [6.45, 7) is 5.47. The van der Waals surface area contributed by atoms with Crippen LogP contribution in [0.4, 0.5) is 0 Å². The first-order chi connectivity index (χ1) is 10.3. The van der Waals surface area contributed by atoms with Gasteiger partial charge in [-0.3, -0.25) is 4.90 Å². The molecular formula is C17H21N3S. The average molecular weight is 299 g/mol. The Morgan fingerprint density at radius 2 is 1.95 bits per heavy atom. The van der Waals surface area contributed by atoms with Crippen LogP contribution in [0.3, 0.4) is 0 Å². The van der Waals surface area contributed by atoms with Gasteiger partial charge >= 0.3 is 0 Å². The summed E-state index contributed by atoms with van der Waals surface area (Å²) < 4.78 is 0. The van der Waals surface area contributed by atoms with Gasteiger partial charge in [-0.15, -0.1) is 11.8 Å². The van der Waals surface area contributed by atoms with E-state index in [1.54, 1.807) is 6.33 Å². The second kappa shape index (κ2) is 7.05. The van der Waals surface area contributed by atoms with Crippen molar-refractivity contribution in [3.05, 3.63) is 54.1 Å². The minimum atomic E-state index is 0.745. The van der Waals surface area contributed by atoms with Gasteiger partial charge in [0.05, 0.1) is 0 Å². The molecule has 1 aromatic heterocycles. The topological polar surface area (TPSA) is 29.0 Å². The molecule has 0 aliphatic carbocycles. The predicted molar refractivity (Wildman–Crippen MR) is 87.4 cm³/mol. The first kappa shape index (κ1) is 14.5. The van der Waals surface area contributed by atoms with E-state index in [0.29, 0.717) is 0 Å². The molecule has 1 aliphatic rings. The molecule has 3 nitrogen and oxygen atoms in total. The van der Waals surface area contributed by atoms with Crippen molar-refractivity contribution in [1.82, 2.24) is 14.9 Å². The highest BCUT2D eigenvalue weighted by molar-refractivity contribution is 8.00. The van der Waals surface area contributed by atoms with E-state index < -0.39 is 0 Å². The number of rotatable bonds is 4. The molecular weight excluding hydrogens is 278 g/mol. The molecule has 110 valence electrons. The highest BCUT2D eigenvalue weighted by Crippen LogP contribution is 2.31. The van der Waals surface area contributed by atoms with Crippen LogP contribution in [0.15, 0.2) is 47.9 Å². The minimum Gasteiger partial charge on any atom is -0.299 e. The quantitative estimate of drug-likeness (QED) is 0.863. The smallest absolute Gasteiger partial charge is 0.115 e. The third-order valence-electron chi connectivity index (χ3n) is 3.85. The van der Waals surface area contributed by atoms with Gasteiger partial charge in [0.25, 0.3) is 0 Å². The molecule has 0 atom stereocenters. The van der Waals surface area contributed by atoms with E-state index in [4.69, 9.17) is 0 Å². The number of likely N-dealkylation sites (tertiary alicyclic amines) is 1. The molecule has 21 heavy (non-hydrogen) atoms. The van der Waals surface area contributed by atoms with Crippen molar-refractivity contribution in [3.63, 3.8) is 0 Å². The molecule has 2 aromatic rings. The van der Waals surface area contributed by atoms with Crippen molar-refractivity contribution in [2.45, 2.75) is 36.5 Å². The number of piperidine rings is 1. The molecule has 1 fully saturated rings. The lowest BCUT2D eigenvalue weighted by Crippen LogP contribution is -2.34. The first-order valence-electron chi connectivity index (χ1n) is 7.49. The molecule has 0 unspecified atom stereocenters. The van der Waals surface area contributed by atoms with Gasteiger partial charge in [0, 0.05) is 34.6 Å². The van der Waals surface area contributed by atoms with Gasteiger partial charge in [-0.25, -0.2) is 9.97 Å². The zero-order chi connectivity index (χ0) is 14.5. The van der Waals surface area contributed by atoms with Crippen LogP contribution >= 0.6 is 11.8 Å². The Morgan fingerprint density at radius 1 is 1.19 bits per heavy atom. The highest BCUT2D eigenvalue weighted by atomic mass is 32.2. The standard InChI is InChI=1S/C17H21N3S/c1-14-3-2-4-17(9-14)21-16-5-7-20(8-6-16)12-15-10-18-13-19-11-15/h2-4,9-11,13,16H,5-8,12H2,1H3. The van der Waals surface area contributed by atoms with E-state index >= 15 is 0 Å². The molecule has 2 heterocycles. The highest BCUT2D eigenvalue weighted by Gasteiger charge is 2.20. The van der Waals surface area contributed by atoms with Crippen LogP contribution in [0.5, 0.6) is 0 Å². The Hall–Kier alpha value is -1.39. The van der Waals surface area contributed by atoms with E-state index in [0.717, 1.165) is 11.8 Å². The van der Waals surface area contributed by atoms with Gasteiger partial charge in [0.1, 0.15) is 6.33 Å². The van der Waals surface area contributed by atoms with Crippen LogP contribution in [0.25, 0.3) is 0 Å². The summed E-state index contributed by atoms with van der Waals surface area (Å²) in [5.41, 5.74) is 2.56. The van der Waals surface area contributed by atoms with E-state index in [1.807, 2.05) is 24.2 Å². The molecule has 0 bridgehead atoms. The molecule has 0 amide bonds. The van der Waals surface area contributed by atoms with Crippen molar-refractivity contribution in [2.75, 3.05) is 13.1 Å². The van der Waals surface area contributed by atoms with Gasteiger partial charge in [0.2, 0.25) is 0 Å². The summed E-state index contributed by atoms with van der Waals surface area (Å²) in [6, 6.07) is 8.83. The number of benzene rings is 1. The van der Waals surface area contributed by atoms with Crippen molar-refractivity contribution >= 4 is 11.8 Å². The summed E-state index contributed by atoms with van der Waals surface area (Å²) in [6.07, 6.45) is 7.94. The minimum absolute atomic E-state index is 0.745. The van der Waals surface area contributed by atoms with Crippen LogP contribution in [0.1, 0.15) is 24.0 Å². The summed E-state index contributed by atoms with van der Waals surface area (Å²) in [7, 11) is 0. The maximum absolute atomic E-state index is 4.09. The monoisotopic (exact) mass is 299 g/mol. The van der Waals surface area contributed by atoms with E-state index in [2.05, 4.69) is 46.1 Å². The zero-order valence-corrected chi connectivity index (χ0v) is 13.2. The fraction of sp³-hybridized carbons (Fsp3) is 0.412. The molecule has 0 saturated carbocycles. The van der Waals surface area contributed by atoms with Crippen LogP contribution in [0.2, 0.25) is 0 Å². The summed E-state index contributed by atoms with van der Waals surface area (Å²) >= 11 is 2.04. The zero-order valence-electron chi connectivity index (χ0n) is 12.4. The van der Waals surface area contributed by atoms with Crippen molar-refractivity contribution in [1.29, 1.82) is 0 Å². The molecule has 1 saturated heterocycles. The van der Waals surface area contributed by atoms with Crippen LogP contribution in [0, 0.1) is 6.92 Å². The third-order valence-corrected chi connectivity index (χ3v) is 5.18. The van der Waals surface area contributed by atoms with Gasteiger partial charge < -0.3 is 0 Å². The summed E-state index contributed by atoms with van der Waals surface area (Å²) in [4.78, 5) is 12.1. The Balaban J connectivity index is 1.49. The molecule has 0 spiro atoms. The maximum Gasteiger partial charge on any atom is 0.115 e. The number of hydrogen-bond donors (Lipinski definition) is 0. The van der Waals surface area contributed by atoms with Crippen LogP contribution in [-0.2, 0) is 6.54 Å². The lowest BCUT2D eigenvalue weighted by Gasteiger charge is -2.31. The van der Waals surface area contributed by atoms with Crippen molar-refractivity contribution in [3.8, 4) is 0 Å². The van der Waals surface area contributed by atoms with Gasteiger partial charge in [0.15, 0.2) is 0 Å². The fourth-order valence-electron chi connectivity index (χ4n) is 2.74. The molecule has 1 aliphatic heterocycles. The number of hydrogen-bond acceptors (Lipinski definition) is 4. The first-order valence-corrected chi connectivity index (χ1v) is 8.37. The van der Waals surface area contributed by atoms with Gasteiger partial charge in [-0.1, -0.05) is 17.7 Å². The van der Waals surface area contributed by atoms with Crippen molar-refractivity contribution < 1.29 is 0 Å². The maximum atomic E-state index is 4.09. The Morgan fingerprint density at radius 3 is 2.67 bits per heavy atom. The van der Waals surface area contributed by atoms with E-state index in [9.17, 15) is 0 Å². The van der Waals surface area contributed by atoms with E-state index in [-0.39, 0.29) is 0 Å². The second-order valence-electron chi connectivity index (χ2n) is 5.66. The fourth-order valence-corrected chi connectivity index (χ4v) is 3.98. The number of aryl methyl sites for hydroxylation is 1. The Labute approximate surface area is 130 Å². The molecule has 0 N–H and O–H groups in total.